The molecule has 0 aromatic carbocycles. The Bertz CT molecular complexity index is 212. The number of aliphatic hydroxyl groups excluding tert-OH is 1. The largest absolute Gasteiger partial charge is 0.394 e. The van der Waals surface area contributed by atoms with E-state index in [9.17, 15) is 5.11 Å². The molecular weight excluding hydrogens is 212 g/mol. The summed E-state index contributed by atoms with van der Waals surface area (Å²) in [6.45, 7) is 7.59. The highest BCUT2D eigenvalue weighted by Gasteiger charge is 2.28. The zero-order valence-corrected chi connectivity index (χ0v) is 11.8. The molecule has 1 saturated carbocycles. The van der Waals surface area contributed by atoms with Gasteiger partial charge in [0, 0.05) is 17.6 Å². The van der Waals surface area contributed by atoms with Crippen LogP contribution in [0.15, 0.2) is 0 Å². The van der Waals surface area contributed by atoms with Crippen molar-refractivity contribution in [3.8, 4) is 0 Å². The average Bonchev–Trinajstić information content (AvgIpc) is 2.31. The van der Waals surface area contributed by atoms with Crippen LogP contribution in [-0.2, 0) is 0 Å². The highest BCUT2D eigenvalue weighted by atomic mass is 16.3. The second-order valence-corrected chi connectivity index (χ2v) is 5.99. The molecule has 0 radical (unpaired) electrons. The van der Waals surface area contributed by atoms with Crippen LogP contribution in [0.25, 0.3) is 0 Å². The SMILES string of the molecule is CCN(C(C)CC(C)(N)CO)C1CCCCC1. The molecule has 0 bridgehead atoms. The summed E-state index contributed by atoms with van der Waals surface area (Å²) in [5.74, 6) is 0. The van der Waals surface area contributed by atoms with Crippen molar-refractivity contribution < 1.29 is 5.11 Å². The molecule has 0 aliphatic heterocycles. The molecule has 2 unspecified atom stereocenters. The van der Waals surface area contributed by atoms with Gasteiger partial charge in [-0.05, 0) is 39.7 Å². The van der Waals surface area contributed by atoms with E-state index in [1.807, 2.05) is 6.92 Å². The lowest BCUT2D eigenvalue weighted by atomic mass is 9.90. The Morgan fingerprint density at radius 3 is 2.41 bits per heavy atom. The van der Waals surface area contributed by atoms with Crippen molar-refractivity contribution >= 4 is 0 Å². The summed E-state index contributed by atoms with van der Waals surface area (Å²) < 4.78 is 0. The smallest absolute Gasteiger partial charge is 0.0609 e. The highest BCUT2D eigenvalue weighted by molar-refractivity contribution is 4.86. The molecule has 3 heteroatoms. The number of nitrogens with two attached hydrogens (primary N) is 1. The maximum absolute atomic E-state index is 9.26. The van der Waals surface area contributed by atoms with Gasteiger partial charge >= 0.3 is 0 Å². The quantitative estimate of drug-likeness (QED) is 0.750. The van der Waals surface area contributed by atoms with Gasteiger partial charge in [0.05, 0.1) is 6.61 Å². The van der Waals surface area contributed by atoms with Gasteiger partial charge in [-0.1, -0.05) is 26.2 Å². The first kappa shape index (κ1) is 14.9. The van der Waals surface area contributed by atoms with Crippen molar-refractivity contribution in [2.45, 2.75) is 76.9 Å². The fraction of sp³-hybridized carbons (Fsp3) is 1.00. The van der Waals surface area contributed by atoms with Crippen molar-refractivity contribution in [1.82, 2.24) is 4.90 Å². The highest BCUT2D eigenvalue weighted by Crippen LogP contribution is 2.26. The molecule has 3 N–H and O–H groups in total. The van der Waals surface area contributed by atoms with E-state index < -0.39 is 5.54 Å². The molecule has 2 atom stereocenters. The Morgan fingerprint density at radius 2 is 1.94 bits per heavy atom. The van der Waals surface area contributed by atoms with Crippen molar-refractivity contribution in [2.75, 3.05) is 13.2 Å². The van der Waals surface area contributed by atoms with Gasteiger partial charge in [0.1, 0.15) is 0 Å². The lowest BCUT2D eigenvalue weighted by Crippen LogP contribution is -2.50. The van der Waals surface area contributed by atoms with Crippen LogP contribution in [0, 0.1) is 0 Å². The molecule has 1 aliphatic rings. The van der Waals surface area contributed by atoms with E-state index in [1.54, 1.807) is 0 Å². The van der Waals surface area contributed by atoms with E-state index >= 15 is 0 Å². The predicted molar refractivity (Wildman–Crippen MR) is 73.0 cm³/mol. The van der Waals surface area contributed by atoms with Gasteiger partial charge in [-0.25, -0.2) is 0 Å². The van der Waals surface area contributed by atoms with E-state index in [0.29, 0.717) is 6.04 Å². The van der Waals surface area contributed by atoms with E-state index in [4.69, 9.17) is 5.73 Å². The Kier molecular flexibility index (Phi) is 5.90. The summed E-state index contributed by atoms with van der Waals surface area (Å²) in [6.07, 6.45) is 7.67. The van der Waals surface area contributed by atoms with Crippen LogP contribution in [0.2, 0.25) is 0 Å². The number of aliphatic hydroxyl groups is 1. The fourth-order valence-electron chi connectivity index (χ4n) is 3.20. The molecule has 3 nitrogen and oxygen atoms in total. The van der Waals surface area contributed by atoms with E-state index in [-0.39, 0.29) is 6.61 Å². The molecule has 0 amide bonds. The van der Waals surface area contributed by atoms with Gasteiger partial charge < -0.3 is 10.8 Å². The van der Waals surface area contributed by atoms with Crippen molar-refractivity contribution in [3.05, 3.63) is 0 Å². The molecule has 0 aromatic rings. The monoisotopic (exact) mass is 242 g/mol. The van der Waals surface area contributed by atoms with Crippen LogP contribution >= 0.6 is 0 Å². The van der Waals surface area contributed by atoms with Gasteiger partial charge in [-0.2, -0.15) is 0 Å². The summed E-state index contributed by atoms with van der Waals surface area (Å²) in [5.41, 5.74) is 5.62. The zero-order valence-electron chi connectivity index (χ0n) is 11.8. The van der Waals surface area contributed by atoms with Crippen LogP contribution < -0.4 is 5.73 Å². The minimum Gasteiger partial charge on any atom is -0.394 e. The second-order valence-electron chi connectivity index (χ2n) is 5.99. The lowest BCUT2D eigenvalue weighted by Gasteiger charge is -2.40. The topological polar surface area (TPSA) is 49.5 Å². The summed E-state index contributed by atoms with van der Waals surface area (Å²) in [5, 5.41) is 9.26. The molecule has 1 aliphatic carbocycles. The maximum atomic E-state index is 9.26. The Hall–Kier alpha value is -0.120. The molecule has 0 aromatic heterocycles. The van der Waals surface area contributed by atoms with Crippen LogP contribution in [-0.4, -0.2) is 40.8 Å². The van der Waals surface area contributed by atoms with Gasteiger partial charge in [0.2, 0.25) is 0 Å². The van der Waals surface area contributed by atoms with Crippen LogP contribution in [0.3, 0.4) is 0 Å². The van der Waals surface area contributed by atoms with Gasteiger partial charge in [0.25, 0.3) is 0 Å². The number of rotatable bonds is 6. The Labute approximate surface area is 106 Å². The third-order valence-electron chi connectivity index (χ3n) is 4.10. The molecule has 1 fully saturated rings. The van der Waals surface area contributed by atoms with E-state index in [0.717, 1.165) is 19.0 Å². The van der Waals surface area contributed by atoms with Crippen LogP contribution in [0.1, 0.15) is 59.3 Å². The Morgan fingerprint density at radius 1 is 1.35 bits per heavy atom. The summed E-state index contributed by atoms with van der Waals surface area (Å²) in [4.78, 5) is 2.58. The van der Waals surface area contributed by atoms with Crippen molar-refractivity contribution in [1.29, 1.82) is 0 Å². The number of hydrogen-bond acceptors (Lipinski definition) is 3. The van der Waals surface area contributed by atoms with Crippen LogP contribution in [0.4, 0.5) is 0 Å². The molecule has 0 saturated heterocycles. The molecule has 1 rings (SSSR count). The van der Waals surface area contributed by atoms with Crippen LogP contribution in [0.5, 0.6) is 0 Å². The van der Waals surface area contributed by atoms with Gasteiger partial charge in [-0.15, -0.1) is 0 Å². The van der Waals surface area contributed by atoms with Gasteiger partial charge in [-0.3, -0.25) is 4.90 Å². The number of nitrogens with zero attached hydrogens (tertiary/aromatic N) is 1. The number of hydrogen-bond donors (Lipinski definition) is 2. The molecule has 0 heterocycles. The maximum Gasteiger partial charge on any atom is 0.0609 e. The molecule has 17 heavy (non-hydrogen) atoms. The average molecular weight is 242 g/mol. The summed E-state index contributed by atoms with van der Waals surface area (Å²) in [6, 6.07) is 1.20. The lowest BCUT2D eigenvalue weighted by molar-refractivity contribution is 0.0874. The first-order valence-corrected chi connectivity index (χ1v) is 7.15. The first-order chi connectivity index (χ1) is 8.00. The molecular formula is C14H30N2O. The first-order valence-electron chi connectivity index (χ1n) is 7.15. The zero-order chi connectivity index (χ0) is 12.9. The molecule has 0 spiro atoms. The third-order valence-corrected chi connectivity index (χ3v) is 4.10. The summed E-state index contributed by atoms with van der Waals surface area (Å²) in [7, 11) is 0. The fourth-order valence-corrected chi connectivity index (χ4v) is 3.20. The van der Waals surface area contributed by atoms with E-state index in [1.165, 1.54) is 32.1 Å². The summed E-state index contributed by atoms with van der Waals surface area (Å²) >= 11 is 0. The third kappa shape index (κ3) is 4.57. The Balaban J connectivity index is 2.53. The van der Waals surface area contributed by atoms with Crippen molar-refractivity contribution in [2.24, 2.45) is 5.73 Å². The standard InChI is InChI=1S/C14H30N2O/c1-4-16(13-8-6-5-7-9-13)12(2)10-14(3,15)11-17/h12-13,17H,4-11,15H2,1-3H3. The second kappa shape index (κ2) is 6.72. The van der Waals surface area contributed by atoms with Crippen molar-refractivity contribution in [3.63, 3.8) is 0 Å². The predicted octanol–water partition coefficient (Wildman–Crippen LogP) is 2.13. The normalized spacial score (nSPS) is 23.6. The minimum absolute atomic E-state index is 0.0690. The van der Waals surface area contributed by atoms with Gasteiger partial charge in [0.15, 0.2) is 0 Å². The minimum atomic E-state index is -0.443. The molecule has 102 valence electrons. The van der Waals surface area contributed by atoms with E-state index in [2.05, 4.69) is 18.7 Å².